The first-order chi connectivity index (χ1) is 9.02. The second kappa shape index (κ2) is 5.45. The van der Waals surface area contributed by atoms with Crippen molar-refractivity contribution in [1.29, 1.82) is 0 Å². The molecule has 19 heavy (non-hydrogen) atoms. The SMILES string of the molecule is COC(=O)c1ccc(NC2=C(C)C(=O)CC2)c(Cl)c1. The third-order valence-corrected chi connectivity index (χ3v) is 3.46. The first kappa shape index (κ1) is 13.6. The van der Waals surface area contributed by atoms with Crippen LogP contribution in [-0.4, -0.2) is 18.9 Å². The first-order valence-electron chi connectivity index (χ1n) is 5.90. The van der Waals surface area contributed by atoms with Gasteiger partial charge in [-0.25, -0.2) is 4.79 Å². The zero-order valence-electron chi connectivity index (χ0n) is 10.7. The molecule has 0 aromatic heterocycles. The summed E-state index contributed by atoms with van der Waals surface area (Å²) in [5.41, 5.74) is 2.70. The van der Waals surface area contributed by atoms with E-state index in [-0.39, 0.29) is 5.78 Å². The number of nitrogens with one attached hydrogen (secondary N) is 1. The van der Waals surface area contributed by atoms with E-state index in [1.807, 2.05) is 0 Å². The first-order valence-corrected chi connectivity index (χ1v) is 6.28. The summed E-state index contributed by atoms with van der Waals surface area (Å²) in [5, 5.41) is 3.57. The van der Waals surface area contributed by atoms with Crippen LogP contribution in [0.3, 0.4) is 0 Å². The van der Waals surface area contributed by atoms with E-state index in [0.29, 0.717) is 29.1 Å². The van der Waals surface area contributed by atoms with Crippen molar-refractivity contribution in [3.63, 3.8) is 0 Å². The van der Waals surface area contributed by atoms with Gasteiger partial charge in [-0.1, -0.05) is 11.6 Å². The van der Waals surface area contributed by atoms with Crippen molar-refractivity contribution in [1.82, 2.24) is 0 Å². The highest BCUT2D eigenvalue weighted by Crippen LogP contribution is 2.29. The Balaban J connectivity index is 2.23. The zero-order valence-corrected chi connectivity index (χ0v) is 11.5. The number of benzene rings is 1. The highest BCUT2D eigenvalue weighted by atomic mass is 35.5. The Morgan fingerprint density at radius 1 is 1.37 bits per heavy atom. The number of Topliss-reactive ketones (excluding diaryl/α,β-unsaturated/α-hetero) is 1. The fourth-order valence-electron chi connectivity index (χ4n) is 1.96. The van der Waals surface area contributed by atoms with Gasteiger partial charge in [0.2, 0.25) is 0 Å². The number of hydrogen-bond acceptors (Lipinski definition) is 4. The highest BCUT2D eigenvalue weighted by Gasteiger charge is 2.20. The molecule has 4 nitrogen and oxygen atoms in total. The molecular formula is C14H14ClNO3. The van der Waals surface area contributed by atoms with Crippen LogP contribution in [0.25, 0.3) is 0 Å². The van der Waals surface area contributed by atoms with Gasteiger partial charge >= 0.3 is 5.97 Å². The molecule has 1 aromatic rings. The maximum Gasteiger partial charge on any atom is 0.337 e. The molecule has 0 amide bonds. The second-order valence-electron chi connectivity index (χ2n) is 4.34. The Morgan fingerprint density at radius 2 is 2.11 bits per heavy atom. The number of anilines is 1. The number of halogens is 1. The van der Waals surface area contributed by atoms with Crippen LogP contribution in [0.5, 0.6) is 0 Å². The Morgan fingerprint density at radius 3 is 2.63 bits per heavy atom. The Kier molecular flexibility index (Phi) is 3.90. The molecule has 1 aliphatic carbocycles. The average molecular weight is 280 g/mol. The normalized spacial score (nSPS) is 14.8. The summed E-state index contributed by atoms with van der Waals surface area (Å²) >= 11 is 6.12. The van der Waals surface area contributed by atoms with Crippen molar-refractivity contribution in [3.8, 4) is 0 Å². The monoisotopic (exact) mass is 279 g/mol. The van der Waals surface area contributed by atoms with E-state index < -0.39 is 5.97 Å². The molecule has 0 spiro atoms. The maximum atomic E-state index is 11.4. The molecule has 0 fully saturated rings. The largest absolute Gasteiger partial charge is 0.465 e. The van der Waals surface area contributed by atoms with E-state index in [9.17, 15) is 9.59 Å². The Labute approximate surface area is 116 Å². The summed E-state index contributed by atoms with van der Waals surface area (Å²) in [6.07, 6.45) is 1.23. The molecule has 0 atom stereocenters. The molecular weight excluding hydrogens is 266 g/mol. The minimum Gasteiger partial charge on any atom is -0.465 e. The minimum atomic E-state index is -0.431. The molecule has 0 bridgehead atoms. The Bertz CT molecular complexity index is 578. The van der Waals surface area contributed by atoms with Gasteiger partial charge in [0.15, 0.2) is 5.78 Å². The lowest BCUT2D eigenvalue weighted by molar-refractivity contribution is -0.114. The van der Waals surface area contributed by atoms with Crippen molar-refractivity contribution in [2.75, 3.05) is 12.4 Å². The van der Waals surface area contributed by atoms with Crippen molar-refractivity contribution in [2.45, 2.75) is 19.8 Å². The third-order valence-electron chi connectivity index (χ3n) is 3.15. The number of carbonyl (C=O) groups excluding carboxylic acids is 2. The van der Waals surface area contributed by atoms with Gasteiger partial charge in [-0.2, -0.15) is 0 Å². The number of hydrogen-bond donors (Lipinski definition) is 1. The molecule has 0 unspecified atom stereocenters. The molecule has 0 radical (unpaired) electrons. The van der Waals surface area contributed by atoms with Crippen molar-refractivity contribution >= 4 is 29.0 Å². The smallest absolute Gasteiger partial charge is 0.337 e. The summed E-state index contributed by atoms with van der Waals surface area (Å²) in [5.74, 6) is -0.273. The lowest BCUT2D eigenvalue weighted by atomic mass is 10.2. The molecule has 1 aromatic carbocycles. The molecule has 0 aliphatic heterocycles. The predicted octanol–water partition coefficient (Wildman–Crippen LogP) is 3.18. The van der Waals surface area contributed by atoms with Crippen LogP contribution < -0.4 is 5.32 Å². The number of esters is 1. The van der Waals surface area contributed by atoms with Crippen molar-refractivity contribution < 1.29 is 14.3 Å². The van der Waals surface area contributed by atoms with Crippen LogP contribution in [-0.2, 0) is 9.53 Å². The number of ketones is 1. The lowest BCUT2D eigenvalue weighted by Gasteiger charge is -2.11. The lowest BCUT2D eigenvalue weighted by Crippen LogP contribution is -2.03. The van der Waals surface area contributed by atoms with Crippen LogP contribution in [0.1, 0.15) is 30.1 Å². The Hall–Kier alpha value is -1.81. The summed E-state index contributed by atoms with van der Waals surface area (Å²) in [6.45, 7) is 1.80. The van der Waals surface area contributed by atoms with E-state index in [2.05, 4.69) is 10.1 Å². The quantitative estimate of drug-likeness (QED) is 0.864. The summed E-state index contributed by atoms with van der Waals surface area (Å²) in [6, 6.07) is 4.88. The van der Waals surface area contributed by atoms with Crippen LogP contribution in [0.4, 0.5) is 5.69 Å². The molecule has 100 valence electrons. The van der Waals surface area contributed by atoms with Gasteiger partial charge in [-0.3, -0.25) is 4.79 Å². The molecule has 0 saturated heterocycles. The van der Waals surface area contributed by atoms with Gasteiger partial charge in [0.05, 0.1) is 23.4 Å². The number of methoxy groups -OCH3 is 1. The van der Waals surface area contributed by atoms with Crippen LogP contribution >= 0.6 is 11.6 Å². The minimum absolute atomic E-state index is 0.157. The average Bonchev–Trinajstić information content (AvgIpc) is 2.72. The van der Waals surface area contributed by atoms with Gasteiger partial charge in [0.1, 0.15) is 0 Å². The van der Waals surface area contributed by atoms with E-state index >= 15 is 0 Å². The second-order valence-corrected chi connectivity index (χ2v) is 4.75. The van der Waals surface area contributed by atoms with Crippen LogP contribution in [0.2, 0.25) is 5.02 Å². The third kappa shape index (κ3) is 2.79. The molecule has 0 heterocycles. The highest BCUT2D eigenvalue weighted by molar-refractivity contribution is 6.33. The molecule has 2 rings (SSSR count). The fraction of sp³-hybridized carbons (Fsp3) is 0.286. The van der Waals surface area contributed by atoms with Gasteiger partial charge in [0, 0.05) is 17.7 Å². The van der Waals surface area contributed by atoms with Gasteiger partial charge in [0.25, 0.3) is 0 Å². The summed E-state index contributed by atoms with van der Waals surface area (Å²) in [7, 11) is 1.32. The summed E-state index contributed by atoms with van der Waals surface area (Å²) < 4.78 is 4.62. The van der Waals surface area contributed by atoms with Gasteiger partial charge in [-0.15, -0.1) is 0 Å². The fourth-order valence-corrected chi connectivity index (χ4v) is 2.19. The number of allylic oxidation sites excluding steroid dienone is 2. The molecule has 5 heteroatoms. The summed E-state index contributed by atoms with van der Waals surface area (Å²) in [4.78, 5) is 22.8. The van der Waals surface area contributed by atoms with Crippen LogP contribution in [0.15, 0.2) is 29.5 Å². The number of rotatable bonds is 3. The van der Waals surface area contributed by atoms with Gasteiger partial charge in [-0.05, 0) is 31.5 Å². The molecule has 1 aliphatic rings. The van der Waals surface area contributed by atoms with E-state index in [0.717, 1.165) is 11.3 Å². The van der Waals surface area contributed by atoms with Gasteiger partial charge < -0.3 is 10.1 Å². The van der Waals surface area contributed by atoms with Crippen molar-refractivity contribution in [2.24, 2.45) is 0 Å². The number of ether oxygens (including phenoxy) is 1. The zero-order chi connectivity index (χ0) is 14.0. The molecule has 0 saturated carbocycles. The van der Waals surface area contributed by atoms with E-state index in [1.54, 1.807) is 25.1 Å². The predicted molar refractivity (Wildman–Crippen MR) is 73.4 cm³/mol. The van der Waals surface area contributed by atoms with Crippen molar-refractivity contribution in [3.05, 3.63) is 40.1 Å². The topological polar surface area (TPSA) is 55.4 Å². The number of carbonyl (C=O) groups is 2. The standard InChI is InChI=1S/C14H14ClNO3/c1-8-11(5-6-13(8)17)16-12-4-3-9(7-10(12)15)14(18)19-2/h3-4,7,16H,5-6H2,1-2H3. The van der Waals surface area contributed by atoms with E-state index in [4.69, 9.17) is 11.6 Å². The van der Waals surface area contributed by atoms with Crippen LogP contribution in [0, 0.1) is 0 Å². The maximum absolute atomic E-state index is 11.4. The molecule has 1 N–H and O–H groups in total. The van der Waals surface area contributed by atoms with E-state index in [1.165, 1.54) is 7.11 Å².